The fraction of sp³-hybridized carbons (Fsp3) is 0.536. The summed E-state index contributed by atoms with van der Waals surface area (Å²) < 4.78 is 31.0. The van der Waals surface area contributed by atoms with Crippen LogP contribution in [0.5, 0.6) is 0 Å². The molecule has 2 fully saturated rings. The van der Waals surface area contributed by atoms with E-state index in [4.69, 9.17) is 4.55 Å². The zero-order chi connectivity index (χ0) is 24.8. The van der Waals surface area contributed by atoms with Crippen LogP contribution in [0.2, 0.25) is 0 Å². The summed E-state index contributed by atoms with van der Waals surface area (Å²) in [6.07, 6.45) is 3.12. The van der Waals surface area contributed by atoms with Gasteiger partial charge in [0, 0.05) is 30.0 Å². The molecule has 1 heterocycles. The van der Waals surface area contributed by atoms with Gasteiger partial charge in [-0.1, -0.05) is 76.2 Å². The fourth-order valence-corrected chi connectivity index (χ4v) is 8.04. The number of anilines is 1. The van der Waals surface area contributed by atoms with E-state index in [1.807, 2.05) is 13.8 Å². The molecule has 0 spiro atoms. The summed E-state index contributed by atoms with van der Waals surface area (Å²) in [6, 6.07) is 19.7. The van der Waals surface area contributed by atoms with Crippen molar-refractivity contribution in [2.75, 3.05) is 17.6 Å². The Morgan fingerprint density at radius 3 is 2.29 bits per heavy atom. The van der Waals surface area contributed by atoms with Crippen molar-refractivity contribution in [1.82, 2.24) is 0 Å². The van der Waals surface area contributed by atoms with Crippen LogP contribution in [0.3, 0.4) is 0 Å². The van der Waals surface area contributed by atoms with Gasteiger partial charge in [-0.05, 0) is 47.8 Å². The topological polar surface area (TPSA) is 83.5 Å². The zero-order valence-electron chi connectivity index (χ0n) is 20.7. The van der Waals surface area contributed by atoms with Crippen LogP contribution in [0.4, 0.5) is 5.69 Å². The van der Waals surface area contributed by atoms with Gasteiger partial charge in [0.1, 0.15) is 5.78 Å². The Bertz CT molecular complexity index is 1160. The van der Waals surface area contributed by atoms with Crippen molar-refractivity contribution in [1.29, 1.82) is 0 Å². The molecular formula is C28H37NO4S. The van der Waals surface area contributed by atoms with Crippen LogP contribution < -0.4 is 5.32 Å². The van der Waals surface area contributed by atoms with Gasteiger partial charge in [0.05, 0.1) is 11.2 Å². The normalized spacial score (nSPS) is 28.4. The molecule has 4 unspecified atom stereocenters. The minimum Gasteiger partial charge on any atom is -0.384 e. The molecule has 2 saturated carbocycles. The molecule has 0 radical (unpaired) electrons. The van der Waals surface area contributed by atoms with Crippen molar-refractivity contribution >= 4 is 21.6 Å². The van der Waals surface area contributed by atoms with Crippen LogP contribution in [-0.4, -0.2) is 31.1 Å². The molecule has 34 heavy (non-hydrogen) atoms. The average molecular weight is 484 g/mol. The molecular weight excluding hydrogens is 446 g/mol. The monoisotopic (exact) mass is 483 g/mol. The number of benzene rings is 2. The SMILES string of the molecule is CC1(C)C2CCC1(CS(=O)(=O)O)C(=O)C2.CCC(C)(c1ccccc1)C1CNc2ccccc21. The van der Waals surface area contributed by atoms with Crippen molar-refractivity contribution in [2.45, 2.75) is 64.7 Å². The Morgan fingerprint density at radius 2 is 1.74 bits per heavy atom. The second kappa shape index (κ2) is 8.80. The lowest BCUT2D eigenvalue weighted by atomic mass is 9.68. The van der Waals surface area contributed by atoms with Gasteiger partial charge in [0.25, 0.3) is 10.1 Å². The zero-order valence-corrected chi connectivity index (χ0v) is 21.5. The number of hydrogen-bond acceptors (Lipinski definition) is 4. The van der Waals surface area contributed by atoms with Gasteiger partial charge in [-0.25, -0.2) is 0 Å². The first-order valence-corrected chi connectivity index (χ1v) is 13.9. The lowest BCUT2D eigenvalue weighted by Crippen LogP contribution is -2.42. The largest absolute Gasteiger partial charge is 0.384 e. The first-order valence-electron chi connectivity index (χ1n) is 12.3. The second-order valence-corrected chi connectivity index (χ2v) is 12.5. The summed E-state index contributed by atoms with van der Waals surface area (Å²) in [5.74, 6) is 0.451. The van der Waals surface area contributed by atoms with Crippen LogP contribution in [0.15, 0.2) is 54.6 Å². The third-order valence-corrected chi connectivity index (χ3v) is 10.2. The molecule has 184 valence electrons. The Morgan fingerprint density at radius 1 is 1.09 bits per heavy atom. The van der Waals surface area contributed by atoms with Crippen molar-refractivity contribution in [3.05, 3.63) is 65.7 Å². The maximum Gasteiger partial charge on any atom is 0.265 e. The summed E-state index contributed by atoms with van der Waals surface area (Å²) in [4.78, 5) is 11.9. The number of Topliss-reactive ketones (excluding diaryl/α,β-unsaturated/α-hetero) is 1. The summed E-state index contributed by atoms with van der Waals surface area (Å²) in [7, 11) is -4.08. The molecule has 5 nitrogen and oxygen atoms in total. The van der Waals surface area contributed by atoms with E-state index in [0.717, 1.165) is 19.4 Å². The van der Waals surface area contributed by atoms with Gasteiger partial charge in [-0.2, -0.15) is 8.42 Å². The molecule has 2 N–H and O–H groups in total. The van der Waals surface area contributed by atoms with E-state index in [9.17, 15) is 13.2 Å². The predicted octanol–water partition coefficient (Wildman–Crippen LogP) is 5.83. The molecule has 0 saturated heterocycles. The summed E-state index contributed by atoms with van der Waals surface area (Å²) in [5, 5.41) is 3.56. The molecule has 5 rings (SSSR count). The Kier molecular flexibility index (Phi) is 6.45. The second-order valence-electron chi connectivity index (χ2n) is 11.1. The lowest BCUT2D eigenvalue weighted by molar-refractivity contribution is -0.128. The molecule has 4 atom stereocenters. The van der Waals surface area contributed by atoms with E-state index in [2.05, 4.69) is 73.8 Å². The van der Waals surface area contributed by atoms with Gasteiger partial charge in [0.15, 0.2) is 0 Å². The molecule has 0 aromatic heterocycles. The van der Waals surface area contributed by atoms with Gasteiger partial charge >= 0.3 is 0 Å². The van der Waals surface area contributed by atoms with E-state index >= 15 is 0 Å². The van der Waals surface area contributed by atoms with Gasteiger partial charge in [-0.15, -0.1) is 0 Å². The summed E-state index contributed by atoms with van der Waals surface area (Å²) in [5.41, 5.74) is 3.30. The van der Waals surface area contributed by atoms with E-state index < -0.39 is 21.3 Å². The smallest absolute Gasteiger partial charge is 0.265 e. The van der Waals surface area contributed by atoms with E-state index in [0.29, 0.717) is 18.8 Å². The van der Waals surface area contributed by atoms with Crippen molar-refractivity contribution in [3.63, 3.8) is 0 Å². The third kappa shape index (κ3) is 4.09. The number of carbonyl (C=O) groups is 1. The maximum atomic E-state index is 11.9. The molecule has 2 aromatic carbocycles. The van der Waals surface area contributed by atoms with Crippen molar-refractivity contribution in [3.8, 4) is 0 Å². The number of carbonyl (C=O) groups excluding carboxylic acids is 1. The maximum absolute atomic E-state index is 11.9. The highest BCUT2D eigenvalue weighted by Crippen LogP contribution is 2.64. The van der Waals surface area contributed by atoms with Gasteiger partial charge < -0.3 is 5.32 Å². The Labute approximate surface area is 204 Å². The van der Waals surface area contributed by atoms with Gasteiger partial charge in [-0.3, -0.25) is 9.35 Å². The van der Waals surface area contributed by atoms with Crippen LogP contribution in [-0.2, 0) is 20.3 Å². The van der Waals surface area contributed by atoms with Crippen molar-refractivity contribution in [2.24, 2.45) is 16.7 Å². The minimum absolute atomic E-state index is 0.0152. The minimum atomic E-state index is -4.08. The molecule has 2 bridgehead atoms. The van der Waals surface area contributed by atoms with Crippen LogP contribution in [0.1, 0.15) is 70.4 Å². The number of rotatable bonds is 5. The standard InChI is InChI=1S/C18H21N.C10H16O4S/c1-3-18(2,14-9-5-4-6-10-14)16-13-19-17-12-8-7-11-15(16)17;1-9(2)7-3-4-10(9,8(11)5-7)6-15(12,13)14/h4-12,16,19H,3,13H2,1-2H3;7H,3-6H2,1-2H3,(H,12,13,14). The lowest BCUT2D eigenvalue weighted by Gasteiger charge is -2.35. The number of hydrogen-bond donors (Lipinski definition) is 2. The Balaban J connectivity index is 0.000000166. The highest BCUT2D eigenvalue weighted by Gasteiger charge is 2.65. The third-order valence-electron chi connectivity index (χ3n) is 9.34. The number of fused-ring (bicyclic) bond motifs is 3. The molecule has 0 amide bonds. The first-order chi connectivity index (χ1) is 15.9. The van der Waals surface area contributed by atoms with E-state index in [1.165, 1.54) is 16.8 Å². The van der Waals surface area contributed by atoms with Crippen molar-refractivity contribution < 1.29 is 17.8 Å². The first kappa shape index (κ1) is 24.9. The highest BCUT2D eigenvalue weighted by molar-refractivity contribution is 7.85. The van der Waals surface area contributed by atoms with Crippen LogP contribution in [0.25, 0.3) is 0 Å². The van der Waals surface area contributed by atoms with E-state index in [1.54, 1.807) is 0 Å². The van der Waals surface area contributed by atoms with Crippen LogP contribution >= 0.6 is 0 Å². The summed E-state index contributed by atoms with van der Waals surface area (Å²) >= 11 is 0. The average Bonchev–Trinajstić information content (AvgIpc) is 3.39. The number of ketones is 1. The quantitative estimate of drug-likeness (QED) is 0.523. The molecule has 1 aliphatic heterocycles. The summed E-state index contributed by atoms with van der Waals surface area (Å²) in [6.45, 7) is 9.63. The highest BCUT2D eigenvalue weighted by atomic mass is 32.2. The van der Waals surface area contributed by atoms with Crippen LogP contribution in [0, 0.1) is 16.7 Å². The van der Waals surface area contributed by atoms with Gasteiger partial charge in [0.2, 0.25) is 0 Å². The molecule has 2 aliphatic carbocycles. The molecule has 3 aliphatic rings. The number of nitrogens with one attached hydrogen (secondary N) is 1. The molecule has 2 aromatic rings. The molecule has 6 heteroatoms. The van der Waals surface area contributed by atoms with E-state index in [-0.39, 0.29) is 22.5 Å². The fourth-order valence-electron chi connectivity index (χ4n) is 6.74. The Hall–Kier alpha value is -2.18. The number of para-hydroxylation sites is 1. The predicted molar refractivity (Wildman–Crippen MR) is 137 cm³/mol.